The molecular formula is C11H15NO2. The highest BCUT2D eigenvalue weighted by atomic mass is 16.3. The van der Waals surface area contributed by atoms with E-state index in [4.69, 9.17) is 0 Å². The van der Waals surface area contributed by atoms with Gasteiger partial charge in [0, 0.05) is 12.2 Å². The molecular weight excluding hydrogens is 178 g/mol. The summed E-state index contributed by atoms with van der Waals surface area (Å²) in [6, 6.07) is 9.33. The van der Waals surface area contributed by atoms with Crippen LogP contribution in [0.25, 0.3) is 0 Å². The number of nitrogens with zero attached hydrogens (tertiary/aromatic N) is 1. The van der Waals surface area contributed by atoms with Gasteiger partial charge in [-0.1, -0.05) is 18.2 Å². The van der Waals surface area contributed by atoms with Crippen molar-refractivity contribution in [2.24, 2.45) is 0 Å². The van der Waals surface area contributed by atoms with E-state index in [2.05, 4.69) is 0 Å². The minimum absolute atomic E-state index is 0.265. The fraction of sp³-hybridized carbons (Fsp3) is 0.364. The molecule has 0 aliphatic rings. The molecule has 76 valence electrons. The molecule has 1 unspecified atom stereocenters. The van der Waals surface area contributed by atoms with E-state index in [1.54, 1.807) is 4.90 Å². The number of hydrogen-bond donors (Lipinski definition) is 1. The number of aliphatic hydroxyl groups excluding tert-OH is 1. The second-order valence-electron chi connectivity index (χ2n) is 3.09. The summed E-state index contributed by atoms with van der Waals surface area (Å²) in [6.07, 6.45) is -0.949. The minimum Gasteiger partial charge on any atom is -0.384 e. The number of anilines is 1. The Kier molecular flexibility index (Phi) is 3.65. The van der Waals surface area contributed by atoms with Crippen molar-refractivity contribution in [3.63, 3.8) is 0 Å². The smallest absolute Gasteiger partial charge is 0.255 e. The number of carbonyl (C=O) groups is 1. The van der Waals surface area contributed by atoms with Crippen molar-refractivity contribution in [1.82, 2.24) is 0 Å². The molecule has 0 aliphatic carbocycles. The number of rotatable bonds is 3. The third kappa shape index (κ3) is 2.33. The molecule has 0 spiro atoms. The largest absolute Gasteiger partial charge is 0.384 e. The monoisotopic (exact) mass is 193 g/mol. The summed E-state index contributed by atoms with van der Waals surface area (Å²) < 4.78 is 0. The van der Waals surface area contributed by atoms with Gasteiger partial charge in [-0.15, -0.1) is 0 Å². The second-order valence-corrected chi connectivity index (χ2v) is 3.09. The van der Waals surface area contributed by atoms with Crippen LogP contribution < -0.4 is 4.90 Å². The molecule has 1 rings (SSSR count). The van der Waals surface area contributed by atoms with Crippen molar-refractivity contribution < 1.29 is 9.90 Å². The van der Waals surface area contributed by atoms with Crippen LogP contribution in [0.15, 0.2) is 30.3 Å². The summed E-state index contributed by atoms with van der Waals surface area (Å²) in [5.41, 5.74) is 0.820. The molecule has 0 saturated carbocycles. The van der Waals surface area contributed by atoms with Crippen molar-refractivity contribution >= 4 is 11.6 Å². The van der Waals surface area contributed by atoms with Gasteiger partial charge in [0.25, 0.3) is 5.91 Å². The number of amides is 1. The summed E-state index contributed by atoms with van der Waals surface area (Å²) in [7, 11) is 0. The van der Waals surface area contributed by atoms with Crippen LogP contribution in [0.3, 0.4) is 0 Å². The molecule has 0 radical (unpaired) electrons. The highest BCUT2D eigenvalue weighted by Crippen LogP contribution is 2.13. The van der Waals surface area contributed by atoms with Crippen molar-refractivity contribution in [3.8, 4) is 0 Å². The third-order valence-corrected chi connectivity index (χ3v) is 2.01. The van der Waals surface area contributed by atoms with Gasteiger partial charge in [0.2, 0.25) is 0 Å². The number of aliphatic hydroxyl groups is 1. The van der Waals surface area contributed by atoms with Gasteiger partial charge >= 0.3 is 0 Å². The Morgan fingerprint density at radius 3 is 2.43 bits per heavy atom. The van der Waals surface area contributed by atoms with Crippen molar-refractivity contribution in [1.29, 1.82) is 0 Å². The first-order valence-electron chi connectivity index (χ1n) is 4.71. The molecule has 0 heterocycles. The van der Waals surface area contributed by atoms with E-state index < -0.39 is 6.10 Å². The van der Waals surface area contributed by atoms with Crippen LogP contribution in [-0.2, 0) is 4.79 Å². The SMILES string of the molecule is CCN(C(=O)C(C)O)c1ccccc1. The Morgan fingerprint density at radius 2 is 2.00 bits per heavy atom. The number of hydrogen-bond acceptors (Lipinski definition) is 2. The van der Waals surface area contributed by atoms with Crippen molar-refractivity contribution in [2.45, 2.75) is 20.0 Å². The van der Waals surface area contributed by atoms with Crippen LogP contribution in [0.5, 0.6) is 0 Å². The summed E-state index contributed by atoms with van der Waals surface area (Å²) in [5, 5.41) is 9.19. The van der Waals surface area contributed by atoms with Gasteiger partial charge in [0.15, 0.2) is 0 Å². The average molecular weight is 193 g/mol. The van der Waals surface area contributed by atoms with Crippen molar-refractivity contribution in [3.05, 3.63) is 30.3 Å². The second kappa shape index (κ2) is 4.77. The van der Waals surface area contributed by atoms with Crippen molar-refractivity contribution in [2.75, 3.05) is 11.4 Å². The van der Waals surface area contributed by atoms with Crippen LogP contribution >= 0.6 is 0 Å². The lowest BCUT2D eigenvalue weighted by Crippen LogP contribution is -2.37. The van der Waals surface area contributed by atoms with Crippen LogP contribution in [0.1, 0.15) is 13.8 Å². The highest BCUT2D eigenvalue weighted by Gasteiger charge is 2.17. The first-order chi connectivity index (χ1) is 6.66. The van der Waals surface area contributed by atoms with Gasteiger partial charge in [0.05, 0.1) is 0 Å². The topological polar surface area (TPSA) is 40.5 Å². The lowest BCUT2D eigenvalue weighted by Gasteiger charge is -2.22. The van der Waals surface area contributed by atoms with E-state index >= 15 is 0 Å². The Hall–Kier alpha value is -1.35. The summed E-state index contributed by atoms with van der Waals surface area (Å²) in [6.45, 7) is 3.93. The molecule has 3 heteroatoms. The Morgan fingerprint density at radius 1 is 1.43 bits per heavy atom. The lowest BCUT2D eigenvalue weighted by molar-refractivity contribution is -0.125. The van der Waals surface area contributed by atoms with Gasteiger partial charge < -0.3 is 10.0 Å². The van der Waals surface area contributed by atoms with Gasteiger partial charge in [-0.3, -0.25) is 4.79 Å². The maximum Gasteiger partial charge on any atom is 0.255 e. The standard InChI is InChI=1S/C11H15NO2/c1-3-12(11(14)9(2)13)10-7-5-4-6-8-10/h4-9,13H,3H2,1-2H3. The zero-order valence-electron chi connectivity index (χ0n) is 8.47. The van der Waals surface area contributed by atoms with E-state index in [0.717, 1.165) is 5.69 Å². The zero-order valence-corrected chi connectivity index (χ0v) is 8.47. The van der Waals surface area contributed by atoms with Crippen LogP contribution in [0.4, 0.5) is 5.69 Å². The quantitative estimate of drug-likeness (QED) is 0.788. The molecule has 0 aliphatic heterocycles. The minimum atomic E-state index is -0.949. The Bertz CT molecular complexity index is 295. The summed E-state index contributed by atoms with van der Waals surface area (Å²) in [4.78, 5) is 13.1. The fourth-order valence-corrected chi connectivity index (χ4v) is 1.30. The lowest BCUT2D eigenvalue weighted by atomic mass is 10.2. The third-order valence-electron chi connectivity index (χ3n) is 2.01. The van der Waals surface area contributed by atoms with Gasteiger partial charge in [-0.05, 0) is 26.0 Å². The molecule has 1 aromatic rings. The van der Waals surface area contributed by atoms with Crippen LogP contribution in [0.2, 0.25) is 0 Å². The summed E-state index contributed by atoms with van der Waals surface area (Å²) >= 11 is 0. The van der Waals surface area contributed by atoms with Gasteiger partial charge in [-0.2, -0.15) is 0 Å². The van der Waals surface area contributed by atoms with E-state index in [1.807, 2.05) is 37.3 Å². The van der Waals surface area contributed by atoms with E-state index in [0.29, 0.717) is 6.54 Å². The van der Waals surface area contributed by atoms with Gasteiger partial charge in [0.1, 0.15) is 6.10 Å². The van der Waals surface area contributed by atoms with E-state index in [1.165, 1.54) is 6.92 Å². The number of benzene rings is 1. The first-order valence-corrected chi connectivity index (χ1v) is 4.71. The molecule has 0 saturated heterocycles. The van der Waals surface area contributed by atoms with E-state index in [9.17, 15) is 9.90 Å². The number of carbonyl (C=O) groups excluding carboxylic acids is 1. The normalized spacial score (nSPS) is 12.2. The molecule has 1 amide bonds. The average Bonchev–Trinajstić information content (AvgIpc) is 2.20. The highest BCUT2D eigenvalue weighted by molar-refractivity contribution is 5.96. The molecule has 0 aromatic heterocycles. The van der Waals surface area contributed by atoms with Crippen LogP contribution in [0, 0.1) is 0 Å². The molecule has 0 fully saturated rings. The molecule has 1 aromatic carbocycles. The molecule has 1 atom stereocenters. The Balaban J connectivity index is 2.88. The molecule has 1 N–H and O–H groups in total. The predicted molar refractivity (Wildman–Crippen MR) is 56.1 cm³/mol. The zero-order chi connectivity index (χ0) is 10.6. The molecule has 3 nitrogen and oxygen atoms in total. The predicted octanol–water partition coefficient (Wildman–Crippen LogP) is 1.42. The maximum absolute atomic E-state index is 11.6. The fourth-order valence-electron chi connectivity index (χ4n) is 1.30. The molecule has 14 heavy (non-hydrogen) atoms. The van der Waals surface area contributed by atoms with Gasteiger partial charge in [-0.25, -0.2) is 0 Å². The first kappa shape index (κ1) is 10.7. The number of likely N-dealkylation sites (N-methyl/N-ethyl adjacent to an activating group) is 1. The molecule has 0 bridgehead atoms. The maximum atomic E-state index is 11.6. The Labute approximate surface area is 84.0 Å². The van der Waals surface area contributed by atoms with Crippen LogP contribution in [-0.4, -0.2) is 23.7 Å². The number of para-hydroxylation sites is 1. The summed E-state index contributed by atoms with van der Waals surface area (Å²) in [5.74, 6) is -0.265. The van der Waals surface area contributed by atoms with E-state index in [-0.39, 0.29) is 5.91 Å².